The van der Waals surface area contributed by atoms with Gasteiger partial charge < -0.3 is 4.74 Å². The van der Waals surface area contributed by atoms with Gasteiger partial charge in [-0.05, 0) is 31.2 Å². The van der Waals surface area contributed by atoms with Crippen LogP contribution in [0, 0.1) is 5.92 Å². The topological polar surface area (TPSA) is 26.3 Å². The van der Waals surface area contributed by atoms with Crippen molar-refractivity contribution in [2.45, 2.75) is 46.1 Å². The summed E-state index contributed by atoms with van der Waals surface area (Å²) in [6, 6.07) is 9.79. The molecule has 1 unspecified atom stereocenters. The maximum absolute atomic E-state index is 11.8. The minimum Gasteiger partial charge on any atom is -0.461 e. The molecule has 0 spiro atoms. The molecule has 0 heterocycles. The van der Waals surface area contributed by atoms with Crippen molar-refractivity contribution in [2.24, 2.45) is 5.92 Å². The van der Waals surface area contributed by atoms with E-state index >= 15 is 0 Å². The summed E-state index contributed by atoms with van der Waals surface area (Å²) in [5.74, 6) is -0.109. The van der Waals surface area contributed by atoms with Crippen molar-refractivity contribution >= 4 is 5.97 Å². The molecule has 0 saturated heterocycles. The number of hydrogen-bond acceptors (Lipinski definition) is 2. The molecule has 2 heteroatoms. The first kappa shape index (κ1) is 15.5. The minimum absolute atomic E-state index is 0.0151. The molecule has 1 aromatic rings. The van der Waals surface area contributed by atoms with Crippen LogP contribution in [0.15, 0.2) is 42.5 Å². The van der Waals surface area contributed by atoms with Crippen LogP contribution in [-0.4, -0.2) is 5.97 Å². The van der Waals surface area contributed by atoms with Gasteiger partial charge in [-0.1, -0.05) is 56.3 Å². The molecule has 19 heavy (non-hydrogen) atoms. The van der Waals surface area contributed by atoms with Crippen molar-refractivity contribution < 1.29 is 9.53 Å². The van der Waals surface area contributed by atoms with Gasteiger partial charge in [-0.2, -0.15) is 0 Å². The Kier molecular flexibility index (Phi) is 7.64. The molecule has 0 bridgehead atoms. The lowest BCUT2D eigenvalue weighted by Crippen LogP contribution is -2.14. The fourth-order valence-corrected chi connectivity index (χ4v) is 1.82. The van der Waals surface area contributed by atoms with Crippen molar-refractivity contribution in [1.82, 2.24) is 0 Å². The van der Waals surface area contributed by atoms with Crippen molar-refractivity contribution in [2.75, 3.05) is 0 Å². The molecule has 0 fully saturated rings. The molecular formula is C17H24O2. The maximum atomic E-state index is 11.8. The third-order valence-corrected chi connectivity index (χ3v) is 3.04. The maximum Gasteiger partial charge on any atom is 0.308 e. The number of allylic oxidation sites excluding steroid dienone is 2. The highest BCUT2D eigenvalue weighted by molar-refractivity contribution is 5.71. The summed E-state index contributed by atoms with van der Waals surface area (Å²) in [4.78, 5) is 11.8. The summed E-state index contributed by atoms with van der Waals surface area (Å²) in [7, 11) is 0. The largest absolute Gasteiger partial charge is 0.461 e. The molecule has 0 saturated carbocycles. The van der Waals surface area contributed by atoms with E-state index in [0.29, 0.717) is 6.61 Å². The number of carbonyl (C=O) groups excluding carboxylic acids is 1. The van der Waals surface area contributed by atoms with Crippen molar-refractivity contribution in [1.29, 1.82) is 0 Å². The molecule has 1 rings (SSSR count). The Hall–Kier alpha value is -1.57. The van der Waals surface area contributed by atoms with Crippen LogP contribution in [0.3, 0.4) is 0 Å². The first-order valence-corrected chi connectivity index (χ1v) is 7.09. The van der Waals surface area contributed by atoms with E-state index in [0.717, 1.165) is 31.2 Å². The van der Waals surface area contributed by atoms with E-state index in [1.807, 2.05) is 37.3 Å². The lowest BCUT2D eigenvalue weighted by molar-refractivity contribution is -0.149. The second-order valence-corrected chi connectivity index (χ2v) is 4.80. The van der Waals surface area contributed by atoms with E-state index in [1.165, 1.54) is 0 Å². The monoisotopic (exact) mass is 260 g/mol. The standard InChI is InChI=1S/C17H24O2/c1-3-4-5-6-8-11-15(2)17(18)19-14-16-12-9-7-10-13-16/h4-5,7,9-10,12-13,15H,3,6,8,11,14H2,1-2H3. The Morgan fingerprint density at radius 3 is 2.68 bits per heavy atom. The molecule has 2 nitrogen and oxygen atoms in total. The lowest BCUT2D eigenvalue weighted by Gasteiger charge is -2.10. The SMILES string of the molecule is CCC=CCCCC(C)C(=O)OCc1ccccc1. The second-order valence-electron chi connectivity index (χ2n) is 4.80. The molecule has 1 aromatic carbocycles. The normalized spacial score (nSPS) is 12.5. The van der Waals surface area contributed by atoms with E-state index in [1.54, 1.807) is 0 Å². The van der Waals surface area contributed by atoms with Gasteiger partial charge >= 0.3 is 5.97 Å². The second kappa shape index (κ2) is 9.37. The van der Waals surface area contributed by atoms with Gasteiger partial charge in [0, 0.05) is 0 Å². The Bertz CT molecular complexity index is 382. The number of carbonyl (C=O) groups is 1. The summed E-state index contributed by atoms with van der Waals surface area (Å²) >= 11 is 0. The highest BCUT2D eigenvalue weighted by atomic mass is 16.5. The summed E-state index contributed by atoms with van der Waals surface area (Å²) in [5.41, 5.74) is 1.04. The number of esters is 1. The minimum atomic E-state index is -0.0941. The highest BCUT2D eigenvalue weighted by Gasteiger charge is 2.13. The fourth-order valence-electron chi connectivity index (χ4n) is 1.82. The van der Waals surface area contributed by atoms with Gasteiger partial charge in [0.2, 0.25) is 0 Å². The first-order chi connectivity index (χ1) is 9.24. The first-order valence-electron chi connectivity index (χ1n) is 7.09. The van der Waals surface area contributed by atoms with Gasteiger partial charge in [0.25, 0.3) is 0 Å². The molecular weight excluding hydrogens is 236 g/mol. The molecule has 104 valence electrons. The molecule has 0 radical (unpaired) electrons. The number of hydrogen-bond donors (Lipinski definition) is 0. The molecule has 0 amide bonds. The van der Waals surface area contributed by atoms with Gasteiger partial charge in [-0.15, -0.1) is 0 Å². The molecule has 0 aliphatic carbocycles. The Morgan fingerprint density at radius 2 is 2.00 bits per heavy atom. The average Bonchev–Trinajstić information content (AvgIpc) is 2.45. The van der Waals surface area contributed by atoms with Crippen molar-refractivity contribution in [3.05, 3.63) is 48.0 Å². The Balaban J connectivity index is 2.20. The number of unbranched alkanes of at least 4 members (excludes halogenated alkanes) is 1. The van der Waals surface area contributed by atoms with Crippen LogP contribution >= 0.6 is 0 Å². The van der Waals surface area contributed by atoms with Crippen LogP contribution in [0.25, 0.3) is 0 Å². The van der Waals surface area contributed by atoms with Crippen molar-refractivity contribution in [3.8, 4) is 0 Å². The Labute approximate surface area is 116 Å². The molecule has 1 atom stereocenters. The van der Waals surface area contributed by atoms with Crippen LogP contribution in [0.5, 0.6) is 0 Å². The highest BCUT2D eigenvalue weighted by Crippen LogP contribution is 2.12. The molecule has 0 aliphatic rings. The molecule has 0 N–H and O–H groups in total. The van der Waals surface area contributed by atoms with Crippen molar-refractivity contribution in [3.63, 3.8) is 0 Å². The average molecular weight is 260 g/mol. The van der Waals surface area contributed by atoms with Gasteiger partial charge in [0.15, 0.2) is 0 Å². The Morgan fingerprint density at radius 1 is 1.26 bits per heavy atom. The van der Waals surface area contributed by atoms with Crippen LogP contribution < -0.4 is 0 Å². The lowest BCUT2D eigenvalue weighted by atomic mass is 10.0. The number of ether oxygens (including phenoxy) is 1. The molecule has 0 aliphatic heterocycles. The number of rotatable bonds is 8. The van der Waals surface area contributed by atoms with Crippen LogP contribution in [-0.2, 0) is 16.1 Å². The predicted octanol–water partition coefficient (Wildman–Crippen LogP) is 4.50. The fraction of sp³-hybridized carbons (Fsp3) is 0.471. The van der Waals surface area contributed by atoms with E-state index < -0.39 is 0 Å². The van der Waals surface area contributed by atoms with Gasteiger partial charge in [0.1, 0.15) is 6.61 Å². The zero-order chi connectivity index (χ0) is 13.9. The third-order valence-electron chi connectivity index (χ3n) is 3.04. The predicted molar refractivity (Wildman–Crippen MR) is 78.7 cm³/mol. The van der Waals surface area contributed by atoms with Crippen LogP contribution in [0.1, 0.15) is 45.1 Å². The van der Waals surface area contributed by atoms with Gasteiger partial charge in [-0.25, -0.2) is 0 Å². The summed E-state index contributed by atoms with van der Waals surface area (Å²) in [5, 5.41) is 0. The quantitative estimate of drug-likeness (QED) is 0.391. The smallest absolute Gasteiger partial charge is 0.308 e. The van der Waals surface area contributed by atoms with Crippen LogP contribution in [0.2, 0.25) is 0 Å². The zero-order valence-electron chi connectivity index (χ0n) is 12.0. The van der Waals surface area contributed by atoms with Crippen LogP contribution in [0.4, 0.5) is 0 Å². The van der Waals surface area contributed by atoms with Gasteiger partial charge in [-0.3, -0.25) is 4.79 Å². The summed E-state index contributed by atoms with van der Waals surface area (Å²) in [6.07, 6.45) is 8.40. The van der Waals surface area contributed by atoms with E-state index in [2.05, 4.69) is 19.1 Å². The van der Waals surface area contributed by atoms with E-state index in [9.17, 15) is 4.79 Å². The summed E-state index contributed by atoms with van der Waals surface area (Å²) < 4.78 is 5.31. The van der Waals surface area contributed by atoms with Gasteiger partial charge in [0.05, 0.1) is 5.92 Å². The van der Waals surface area contributed by atoms with E-state index in [4.69, 9.17) is 4.74 Å². The summed E-state index contributed by atoms with van der Waals surface area (Å²) in [6.45, 7) is 4.44. The third kappa shape index (κ3) is 6.80. The number of benzene rings is 1. The van der Waals surface area contributed by atoms with E-state index in [-0.39, 0.29) is 11.9 Å². The zero-order valence-corrected chi connectivity index (χ0v) is 12.0. The molecule has 0 aromatic heterocycles.